The molecular weight excluding hydrogens is 487 g/mol. The molecule has 3 aromatic rings. The van der Waals surface area contributed by atoms with Crippen LogP contribution in [0.3, 0.4) is 0 Å². The minimum Gasteiger partial charge on any atom is -0.496 e. The fraction of sp³-hybridized carbons (Fsp3) is 0.481. The number of ether oxygens (including phenoxy) is 2. The molecule has 0 bridgehead atoms. The fourth-order valence-corrected chi connectivity index (χ4v) is 5.61. The molecule has 0 aliphatic heterocycles. The van der Waals surface area contributed by atoms with Crippen LogP contribution >= 0.6 is 0 Å². The Hall–Kier alpha value is -3.43. The van der Waals surface area contributed by atoms with Gasteiger partial charge in [-0.2, -0.15) is 0 Å². The number of aromatic nitrogens is 2. The van der Waals surface area contributed by atoms with Crippen LogP contribution in [0.4, 0.5) is 24.8 Å². The number of halogens is 3. The first-order valence-corrected chi connectivity index (χ1v) is 12.3. The van der Waals surface area contributed by atoms with Crippen molar-refractivity contribution >= 4 is 28.6 Å². The van der Waals surface area contributed by atoms with Gasteiger partial charge in [0.05, 0.1) is 18.1 Å². The van der Waals surface area contributed by atoms with E-state index in [0.29, 0.717) is 35.2 Å². The van der Waals surface area contributed by atoms with Gasteiger partial charge in [0.15, 0.2) is 0 Å². The van der Waals surface area contributed by atoms with Crippen LogP contribution in [0, 0.1) is 11.3 Å². The summed E-state index contributed by atoms with van der Waals surface area (Å²) < 4.78 is 49.4. The van der Waals surface area contributed by atoms with E-state index in [2.05, 4.69) is 35.4 Å². The lowest BCUT2D eigenvalue weighted by atomic mass is 9.70. The SMILES string of the molecule is COc1cc2c(cc1CCC(=O)O)nc(Nc1ccc(OC(F)(F)F)cc1)n2C1C[C@H](C)CC(C)(C)C1. The lowest BCUT2D eigenvalue weighted by molar-refractivity contribution is -0.274. The zero-order valence-electron chi connectivity index (χ0n) is 21.4. The van der Waals surface area contributed by atoms with E-state index in [-0.39, 0.29) is 23.6 Å². The van der Waals surface area contributed by atoms with Crippen LogP contribution in [0.25, 0.3) is 11.0 Å². The quantitative estimate of drug-likeness (QED) is 0.330. The molecule has 2 aromatic carbocycles. The monoisotopic (exact) mass is 519 g/mol. The maximum Gasteiger partial charge on any atom is 0.573 e. The highest BCUT2D eigenvalue weighted by Gasteiger charge is 2.35. The molecule has 1 aliphatic carbocycles. The third kappa shape index (κ3) is 6.47. The number of carbonyl (C=O) groups is 1. The van der Waals surface area contributed by atoms with Gasteiger partial charge in [0.25, 0.3) is 0 Å². The summed E-state index contributed by atoms with van der Waals surface area (Å²) >= 11 is 0. The Morgan fingerprint density at radius 2 is 1.92 bits per heavy atom. The molecular formula is C27H32F3N3O4. The lowest BCUT2D eigenvalue weighted by Crippen LogP contribution is -2.29. The van der Waals surface area contributed by atoms with Crippen LogP contribution in [0.2, 0.25) is 0 Å². The Kier molecular flexibility index (Phi) is 7.30. The molecule has 0 radical (unpaired) electrons. The van der Waals surface area contributed by atoms with Crippen LogP contribution in [0.5, 0.6) is 11.5 Å². The molecule has 7 nitrogen and oxygen atoms in total. The van der Waals surface area contributed by atoms with Gasteiger partial charge >= 0.3 is 12.3 Å². The lowest BCUT2D eigenvalue weighted by Gasteiger charge is -2.40. The number of hydrogen-bond donors (Lipinski definition) is 2. The van der Waals surface area contributed by atoms with Gasteiger partial charge in [0.2, 0.25) is 5.95 Å². The summed E-state index contributed by atoms with van der Waals surface area (Å²) in [5.41, 5.74) is 2.98. The Morgan fingerprint density at radius 1 is 1.22 bits per heavy atom. The smallest absolute Gasteiger partial charge is 0.496 e. The van der Waals surface area contributed by atoms with Gasteiger partial charge in [-0.1, -0.05) is 20.8 Å². The zero-order valence-corrected chi connectivity index (χ0v) is 21.4. The van der Waals surface area contributed by atoms with E-state index in [9.17, 15) is 18.0 Å². The van der Waals surface area contributed by atoms with Gasteiger partial charge in [-0.15, -0.1) is 13.2 Å². The molecule has 2 atom stereocenters. The van der Waals surface area contributed by atoms with E-state index in [0.717, 1.165) is 30.3 Å². The second kappa shape index (κ2) is 10.1. The maximum atomic E-state index is 12.6. The number of aliphatic carboxylic acids is 1. The molecule has 1 unspecified atom stereocenters. The van der Waals surface area contributed by atoms with E-state index in [4.69, 9.17) is 14.8 Å². The second-order valence-electron chi connectivity index (χ2n) is 10.6. The van der Waals surface area contributed by atoms with Crippen LogP contribution in [-0.2, 0) is 11.2 Å². The van der Waals surface area contributed by atoms with Crippen molar-refractivity contribution in [3.05, 3.63) is 42.0 Å². The summed E-state index contributed by atoms with van der Waals surface area (Å²) in [5.74, 6) is 0.452. The van der Waals surface area contributed by atoms with Gasteiger partial charge in [0, 0.05) is 24.2 Å². The number of nitrogens with zero attached hydrogens (tertiary/aromatic N) is 2. The van der Waals surface area contributed by atoms with Crippen molar-refractivity contribution in [2.24, 2.45) is 11.3 Å². The standard InChI is InChI=1S/C27H32F3N3O4/c1-16-11-19(15-26(2,3)14-16)33-22-13-23(36-4)17(5-10-24(34)35)12-21(22)32-25(33)31-18-6-8-20(9-7-18)37-27(28,29)30/h6-9,12-13,16,19H,5,10-11,14-15H2,1-4H3,(H,31,32)(H,34,35)/t16-,19?/m0/s1. The Labute approximate surface area is 213 Å². The number of aryl methyl sites for hydroxylation is 1. The van der Waals surface area contributed by atoms with Crippen molar-refractivity contribution < 1.29 is 32.5 Å². The summed E-state index contributed by atoms with van der Waals surface area (Å²) in [6.07, 6.45) is -1.50. The number of hydrogen-bond acceptors (Lipinski definition) is 5. The summed E-state index contributed by atoms with van der Waals surface area (Å²) in [5, 5.41) is 12.4. The molecule has 1 aliphatic rings. The number of methoxy groups -OCH3 is 1. The number of anilines is 2. The molecule has 200 valence electrons. The molecule has 0 amide bonds. The van der Waals surface area contributed by atoms with E-state index in [1.54, 1.807) is 7.11 Å². The number of fused-ring (bicyclic) bond motifs is 1. The average molecular weight is 520 g/mol. The molecule has 1 saturated carbocycles. The summed E-state index contributed by atoms with van der Waals surface area (Å²) in [7, 11) is 1.56. The number of imidazole rings is 1. The maximum absolute atomic E-state index is 12.6. The second-order valence-corrected chi connectivity index (χ2v) is 10.6. The number of benzene rings is 2. The van der Waals surface area contributed by atoms with Crippen molar-refractivity contribution in [3.63, 3.8) is 0 Å². The number of nitrogens with one attached hydrogen (secondary N) is 1. The highest BCUT2D eigenvalue weighted by molar-refractivity contribution is 5.83. The van der Waals surface area contributed by atoms with Gasteiger partial charge < -0.3 is 24.5 Å². The molecule has 10 heteroatoms. The Balaban J connectivity index is 1.77. The van der Waals surface area contributed by atoms with Crippen LogP contribution in [-0.4, -0.2) is 34.1 Å². The van der Waals surface area contributed by atoms with Crippen molar-refractivity contribution in [3.8, 4) is 11.5 Å². The van der Waals surface area contributed by atoms with Crippen molar-refractivity contribution in [1.82, 2.24) is 9.55 Å². The van der Waals surface area contributed by atoms with E-state index < -0.39 is 12.3 Å². The molecule has 4 rings (SSSR count). The molecule has 2 N–H and O–H groups in total. The van der Waals surface area contributed by atoms with Gasteiger partial charge in [0.1, 0.15) is 11.5 Å². The van der Waals surface area contributed by atoms with Crippen molar-refractivity contribution in [2.45, 2.75) is 65.3 Å². The molecule has 0 spiro atoms. The predicted octanol–water partition coefficient (Wildman–Crippen LogP) is 7.09. The first-order chi connectivity index (χ1) is 17.3. The fourth-order valence-electron chi connectivity index (χ4n) is 5.61. The molecule has 0 saturated heterocycles. The Morgan fingerprint density at radius 3 is 2.51 bits per heavy atom. The molecule has 37 heavy (non-hydrogen) atoms. The summed E-state index contributed by atoms with van der Waals surface area (Å²) in [6.45, 7) is 6.75. The minimum absolute atomic E-state index is 0.0334. The molecule has 1 fully saturated rings. The van der Waals surface area contributed by atoms with Crippen molar-refractivity contribution in [1.29, 1.82) is 0 Å². The topological polar surface area (TPSA) is 85.6 Å². The first-order valence-electron chi connectivity index (χ1n) is 12.3. The minimum atomic E-state index is -4.76. The largest absolute Gasteiger partial charge is 0.573 e. The van der Waals surface area contributed by atoms with Crippen LogP contribution in [0.1, 0.15) is 58.1 Å². The number of rotatable bonds is 8. The normalized spacial score (nSPS) is 19.5. The Bertz CT molecular complexity index is 1270. The predicted molar refractivity (Wildman–Crippen MR) is 134 cm³/mol. The van der Waals surface area contributed by atoms with Gasteiger partial charge in [-0.3, -0.25) is 4.79 Å². The number of carboxylic acids is 1. The van der Waals surface area contributed by atoms with E-state index in [1.165, 1.54) is 24.3 Å². The van der Waals surface area contributed by atoms with E-state index in [1.807, 2.05) is 12.1 Å². The van der Waals surface area contributed by atoms with Crippen LogP contribution in [0.15, 0.2) is 36.4 Å². The number of alkyl halides is 3. The van der Waals surface area contributed by atoms with Crippen LogP contribution < -0.4 is 14.8 Å². The zero-order chi connectivity index (χ0) is 27.0. The highest BCUT2D eigenvalue weighted by atomic mass is 19.4. The molecule has 1 heterocycles. The van der Waals surface area contributed by atoms with Gasteiger partial charge in [-0.05, 0) is 72.9 Å². The first kappa shape index (κ1) is 26.6. The number of carboxylic acid groups (broad SMARTS) is 1. The van der Waals surface area contributed by atoms with Gasteiger partial charge in [-0.25, -0.2) is 4.98 Å². The van der Waals surface area contributed by atoms with E-state index >= 15 is 0 Å². The summed E-state index contributed by atoms with van der Waals surface area (Å²) in [6, 6.07) is 9.42. The summed E-state index contributed by atoms with van der Waals surface area (Å²) in [4.78, 5) is 16.0. The third-order valence-electron chi connectivity index (χ3n) is 6.77. The third-order valence-corrected chi connectivity index (χ3v) is 6.77. The van der Waals surface area contributed by atoms with Crippen molar-refractivity contribution in [2.75, 3.05) is 12.4 Å². The average Bonchev–Trinajstić information content (AvgIpc) is 3.12. The molecule has 1 aromatic heterocycles. The highest BCUT2D eigenvalue weighted by Crippen LogP contribution is 2.46.